The van der Waals surface area contributed by atoms with E-state index in [0.717, 1.165) is 19.3 Å². The highest BCUT2D eigenvalue weighted by Gasteiger charge is 2.25. The van der Waals surface area contributed by atoms with Gasteiger partial charge in [0.1, 0.15) is 0 Å². The van der Waals surface area contributed by atoms with Gasteiger partial charge in [-0.1, -0.05) is 44.6 Å². The highest BCUT2D eigenvalue weighted by atomic mass is 28.1. The molecule has 14 heavy (non-hydrogen) atoms. The second-order valence-corrected chi connectivity index (χ2v) is 4.84. The van der Waals surface area contributed by atoms with Crippen LogP contribution in [0.3, 0.4) is 0 Å². The Morgan fingerprint density at radius 2 is 1.14 bits per heavy atom. The lowest BCUT2D eigenvalue weighted by atomic mass is 10.1. The van der Waals surface area contributed by atoms with Gasteiger partial charge in [0.05, 0.1) is 0 Å². The summed E-state index contributed by atoms with van der Waals surface area (Å²) < 4.78 is 35.2. The molecule has 0 saturated carbocycles. The van der Waals surface area contributed by atoms with Crippen LogP contribution in [0.2, 0.25) is 6.04 Å². The van der Waals surface area contributed by atoms with E-state index in [1.165, 1.54) is 35.5 Å². The van der Waals surface area contributed by atoms with Gasteiger partial charge in [-0.2, -0.15) is 13.2 Å². The fraction of sp³-hybridized carbons (Fsp3) is 1.00. The normalized spacial score (nSPS) is 12.2. The van der Waals surface area contributed by atoms with Crippen LogP contribution in [0.15, 0.2) is 0 Å². The van der Waals surface area contributed by atoms with Crippen LogP contribution in [0.5, 0.6) is 0 Å². The van der Waals surface area contributed by atoms with Crippen molar-refractivity contribution in [2.24, 2.45) is 0 Å². The first kappa shape index (κ1) is 14.0. The van der Waals surface area contributed by atoms with Crippen LogP contribution >= 0.6 is 0 Å². The van der Waals surface area contributed by atoms with Crippen molar-refractivity contribution < 1.29 is 13.2 Å². The molecule has 0 bridgehead atoms. The summed E-state index contributed by atoms with van der Waals surface area (Å²) in [6.07, 6.45) is 2.35. The maximum atomic E-state index is 11.7. The molecule has 0 aliphatic rings. The maximum Gasteiger partial charge on any atom is 0.389 e. The lowest BCUT2D eigenvalue weighted by Crippen LogP contribution is -2.06. The van der Waals surface area contributed by atoms with Gasteiger partial charge < -0.3 is 0 Å². The van der Waals surface area contributed by atoms with E-state index in [1.807, 2.05) is 0 Å². The largest absolute Gasteiger partial charge is 0.389 e. The number of hydrogen-bond acceptors (Lipinski definition) is 0. The highest BCUT2D eigenvalue weighted by Crippen LogP contribution is 2.23. The average molecular weight is 226 g/mol. The first-order chi connectivity index (χ1) is 6.56. The molecule has 86 valence electrons. The number of rotatable bonds is 8. The molecule has 0 fully saturated rings. The molecule has 0 aromatic heterocycles. The van der Waals surface area contributed by atoms with Crippen molar-refractivity contribution in [3.8, 4) is 0 Å². The van der Waals surface area contributed by atoms with E-state index in [9.17, 15) is 13.2 Å². The Hall–Kier alpha value is 0.00688. The summed E-state index contributed by atoms with van der Waals surface area (Å²) in [4.78, 5) is 0. The van der Waals surface area contributed by atoms with Crippen molar-refractivity contribution in [3.63, 3.8) is 0 Å². The van der Waals surface area contributed by atoms with E-state index in [4.69, 9.17) is 0 Å². The zero-order valence-electron chi connectivity index (χ0n) is 9.00. The van der Waals surface area contributed by atoms with Gasteiger partial charge in [0.2, 0.25) is 0 Å². The van der Waals surface area contributed by atoms with Crippen LogP contribution in [0.25, 0.3) is 0 Å². The Morgan fingerprint density at radius 1 is 0.714 bits per heavy atom. The molecule has 0 heterocycles. The van der Waals surface area contributed by atoms with E-state index < -0.39 is 12.6 Å². The van der Waals surface area contributed by atoms with E-state index in [0.29, 0.717) is 6.42 Å². The molecule has 0 aromatic carbocycles. The van der Waals surface area contributed by atoms with E-state index in [2.05, 4.69) is 0 Å². The van der Waals surface area contributed by atoms with E-state index in [-0.39, 0.29) is 0 Å². The predicted molar refractivity (Wildman–Crippen MR) is 57.7 cm³/mol. The van der Waals surface area contributed by atoms with Gasteiger partial charge in [0, 0.05) is 16.7 Å². The van der Waals surface area contributed by atoms with Gasteiger partial charge in [-0.25, -0.2) is 0 Å². The zero-order valence-corrected chi connectivity index (χ0v) is 11.0. The van der Waals surface area contributed by atoms with Crippen molar-refractivity contribution in [3.05, 3.63) is 0 Å². The molecular weight excluding hydrogens is 205 g/mol. The predicted octanol–water partition coefficient (Wildman–Crippen LogP) is 3.45. The fourth-order valence-electron chi connectivity index (χ4n) is 1.46. The van der Waals surface area contributed by atoms with Gasteiger partial charge in [0.15, 0.2) is 0 Å². The summed E-state index contributed by atoms with van der Waals surface area (Å²) in [5, 5.41) is 0. The molecule has 0 radical (unpaired) electrons. The van der Waals surface area contributed by atoms with Gasteiger partial charge in [-0.15, -0.1) is 0 Å². The molecule has 0 spiro atoms. The lowest BCUT2D eigenvalue weighted by molar-refractivity contribution is -0.135. The van der Waals surface area contributed by atoms with Crippen LogP contribution < -0.4 is 0 Å². The third-order valence-corrected chi connectivity index (χ3v) is 3.02. The molecule has 0 amide bonds. The second-order valence-electron chi connectivity index (χ2n) is 3.84. The molecule has 0 unspecified atom stereocenters. The first-order valence-electron chi connectivity index (χ1n) is 5.63. The summed E-state index contributed by atoms with van der Waals surface area (Å²) in [7, 11) is 1.28. The third-order valence-electron chi connectivity index (χ3n) is 2.31. The Labute approximate surface area is 87.7 Å². The minimum absolute atomic E-state index is 0.310. The van der Waals surface area contributed by atoms with Gasteiger partial charge >= 0.3 is 6.18 Å². The SMILES string of the molecule is FC(F)(F)CCCCCCCCC[SiH3]. The third kappa shape index (κ3) is 12.0. The van der Waals surface area contributed by atoms with Gasteiger partial charge in [0.25, 0.3) is 0 Å². The van der Waals surface area contributed by atoms with Crippen molar-refractivity contribution in [1.82, 2.24) is 0 Å². The lowest BCUT2D eigenvalue weighted by Gasteiger charge is -2.05. The molecule has 0 aromatic rings. The van der Waals surface area contributed by atoms with Crippen molar-refractivity contribution in [2.45, 2.75) is 63.6 Å². The maximum absolute atomic E-state index is 11.7. The van der Waals surface area contributed by atoms with E-state index in [1.54, 1.807) is 0 Å². The Bertz CT molecular complexity index is 123. The molecule has 0 aliphatic heterocycles. The van der Waals surface area contributed by atoms with Crippen LogP contribution in [0.4, 0.5) is 13.2 Å². The second kappa shape index (κ2) is 8.33. The summed E-state index contributed by atoms with van der Waals surface area (Å²) >= 11 is 0. The smallest absolute Gasteiger partial charge is 0.171 e. The van der Waals surface area contributed by atoms with Gasteiger partial charge in [-0.3, -0.25) is 0 Å². The van der Waals surface area contributed by atoms with Crippen LogP contribution in [-0.4, -0.2) is 16.4 Å². The molecule has 0 saturated heterocycles. The van der Waals surface area contributed by atoms with Crippen LogP contribution in [-0.2, 0) is 0 Å². The van der Waals surface area contributed by atoms with Crippen molar-refractivity contribution in [2.75, 3.05) is 0 Å². The quantitative estimate of drug-likeness (QED) is 0.439. The highest BCUT2D eigenvalue weighted by molar-refractivity contribution is 6.08. The Morgan fingerprint density at radius 3 is 1.57 bits per heavy atom. The Kier molecular flexibility index (Phi) is 8.33. The zero-order chi connectivity index (χ0) is 10.9. The van der Waals surface area contributed by atoms with E-state index >= 15 is 0 Å². The number of unbranched alkanes of at least 4 members (excludes halogenated alkanes) is 6. The summed E-state index contributed by atoms with van der Waals surface area (Å²) in [6.45, 7) is 0. The Balaban J connectivity index is 2.99. The first-order valence-corrected chi connectivity index (χ1v) is 7.04. The minimum atomic E-state index is -3.95. The van der Waals surface area contributed by atoms with Crippen molar-refractivity contribution >= 4 is 10.2 Å². The number of halogens is 3. The average Bonchev–Trinajstić information content (AvgIpc) is 2.08. The number of alkyl halides is 3. The fourth-order valence-corrected chi connectivity index (χ4v) is 1.96. The molecule has 0 aliphatic carbocycles. The molecule has 0 atom stereocenters. The molecular formula is C10H21F3Si. The molecule has 4 heteroatoms. The van der Waals surface area contributed by atoms with Crippen LogP contribution in [0, 0.1) is 0 Å². The summed E-state index contributed by atoms with van der Waals surface area (Å²) in [5.74, 6) is 0. The minimum Gasteiger partial charge on any atom is -0.171 e. The number of hydrogen-bond donors (Lipinski definition) is 0. The van der Waals surface area contributed by atoms with Gasteiger partial charge in [-0.05, 0) is 6.42 Å². The molecule has 0 nitrogen and oxygen atoms in total. The summed E-state index contributed by atoms with van der Waals surface area (Å²) in [6, 6.07) is 1.36. The molecule has 0 rings (SSSR count). The standard InChI is InChI=1S/C10H21F3Si/c11-10(12,13)8-6-4-2-1-3-5-7-9-14/h1-9H2,14H3. The molecule has 0 N–H and O–H groups in total. The topological polar surface area (TPSA) is 0 Å². The monoisotopic (exact) mass is 226 g/mol. The van der Waals surface area contributed by atoms with Crippen LogP contribution in [0.1, 0.15) is 51.4 Å². The summed E-state index contributed by atoms with van der Waals surface area (Å²) in [5.41, 5.74) is 0. The van der Waals surface area contributed by atoms with Crippen molar-refractivity contribution in [1.29, 1.82) is 0 Å².